The van der Waals surface area contributed by atoms with Crippen LogP contribution in [0.25, 0.3) is 5.69 Å². The van der Waals surface area contributed by atoms with Crippen LogP contribution >= 0.6 is 0 Å². The number of carbonyl (C=O) groups is 1. The fourth-order valence-corrected chi connectivity index (χ4v) is 3.80. The summed E-state index contributed by atoms with van der Waals surface area (Å²) in [6.45, 7) is 0.859. The third-order valence-electron chi connectivity index (χ3n) is 5.58. The van der Waals surface area contributed by atoms with E-state index in [9.17, 15) is 23.5 Å². The highest BCUT2D eigenvalue weighted by atomic mass is 19.1. The number of piperidine rings is 1. The molecule has 8 heteroatoms. The Morgan fingerprint density at radius 1 is 0.935 bits per heavy atom. The number of aliphatic hydroxyl groups excluding tert-OH is 1. The number of nitrogens with zero attached hydrogens (tertiary/aromatic N) is 3. The summed E-state index contributed by atoms with van der Waals surface area (Å²) >= 11 is 0. The zero-order valence-corrected chi connectivity index (χ0v) is 16.6. The Morgan fingerprint density at radius 3 is 2.13 bits per heavy atom. The van der Waals surface area contributed by atoms with Gasteiger partial charge in [0.25, 0.3) is 11.5 Å². The van der Waals surface area contributed by atoms with Crippen molar-refractivity contribution in [3.8, 4) is 5.69 Å². The van der Waals surface area contributed by atoms with E-state index in [1.807, 2.05) is 0 Å². The fraction of sp³-hybridized carbons (Fsp3) is 0.261. The van der Waals surface area contributed by atoms with Crippen molar-refractivity contribution in [1.82, 2.24) is 14.7 Å². The van der Waals surface area contributed by atoms with Crippen LogP contribution in [0.3, 0.4) is 0 Å². The second-order valence-corrected chi connectivity index (χ2v) is 7.57. The van der Waals surface area contributed by atoms with Crippen molar-refractivity contribution in [3.63, 3.8) is 0 Å². The first-order valence-electron chi connectivity index (χ1n) is 10.0. The summed E-state index contributed by atoms with van der Waals surface area (Å²) in [6.07, 6.45) is 0.445. The Labute approximate surface area is 177 Å². The standard InChI is InChI=1S/C23H21F2N3O3/c24-17-3-1-15(2-4-17)22(30)16-11-13-27(14-12-16)23(31)20-9-10-21(29)28(26-20)19-7-5-18(25)6-8-19/h1-10,16,22,30H,11-14H2/t22-/m0/s1. The van der Waals surface area contributed by atoms with Gasteiger partial charge in [0.1, 0.15) is 17.3 Å². The second-order valence-electron chi connectivity index (χ2n) is 7.57. The molecule has 3 aromatic rings. The number of likely N-dealkylation sites (tertiary alicyclic amines) is 1. The smallest absolute Gasteiger partial charge is 0.274 e. The quantitative estimate of drug-likeness (QED) is 0.697. The maximum atomic E-state index is 13.2. The molecule has 1 N–H and O–H groups in total. The van der Waals surface area contributed by atoms with Gasteiger partial charge < -0.3 is 10.0 Å². The van der Waals surface area contributed by atoms with Crippen molar-refractivity contribution < 1.29 is 18.7 Å². The molecule has 160 valence electrons. The van der Waals surface area contributed by atoms with Gasteiger partial charge in [0.15, 0.2) is 0 Å². The molecule has 0 unspecified atom stereocenters. The average Bonchev–Trinajstić information content (AvgIpc) is 2.80. The van der Waals surface area contributed by atoms with Crippen LogP contribution in [-0.4, -0.2) is 38.8 Å². The normalized spacial score (nSPS) is 15.6. The molecule has 6 nitrogen and oxygen atoms in total. The van der Waals surface area contributed by atoms with E-state index in [1.54, 1.807) is 17.0 Å². The van der Waals surface area contributed by atoms with E-state index in [1.165, 1.54) is 48.5 Å². The Hall–Kier alpha value is -3.39. The number of aliphatic hydroxyl groups is 1. The first-order valence-corrected chi connectivity index (χ1v) is 10.0. The molecule has 4 rings (SSSR count). The predicted molar refractivity (Wildman–Crippen MR) is 110 cm³/mol. The summed E-state index contributed by atoms with van der Waals surface area (Å²) in [4.78, 5) is 26.7. The summed E-state index contributed by atoms with van der Waals surface area (Å²) in [7, 11) is 0. The number of halogens is 2. The number of carbonyl (C=O) groups excluding carboxylic acids is 1. The van der Waals surface area contributed by atoms with Crippen LogP contribution in [0.4, 0.5) is 8.78 Å². The van der Waals surface area contributed by atoms with E-state index in [2.05, 4.69) is 5.10 Å². The minimum absolute atomic E-state index is 0.0457. The lowest BCUT2D eigenvalue weighted by Gasteiger charge is -2.34. The number of rotatable bonds is 4. The minimum Gasteiger partial charge on any atom is -0.388 e. The van der Waals surface area contributed by atoms with E-state index in [4.69, 9.17) is 0 Å². The molecule has 1 aliphatic rings. The van der Waals surface area contributed by atoms with Crippen molar-refractivity contribution in [3.05, 3.63) is 93.9 Å². The second kappa shape index (κ2) is 8.77. The number of hydrogen-bond donors (Lipinski definition) is 1. The maximum absolute atomic E-state index is 13.2. The SMILES string of the molecule is O=C(c1ccc(=O)n(-c2ccc(F)cc2)n1)N1CCC([C@@H](O)c2ccc(F)cc2)CC1. The Morgan fingerprint density at radius 2 is 1.52 bits per heavy atom. The molecule has 0 radical (unpaired) electrons. The van der Waals surface area contributed by atoms with Crippen LogP contribution in [0, 0.1) is 17.6 Å². The molecule has 0 bridgehead atoms. The lowest BCUT2D eigenvalue weighted by atomic mass is 9.87. The third-order valence-corrected chi connectivity index (χ3v) is 5.58. The fourth-order valence-electron chi connectivity index (χ4n) is 3.80. The van der Waals surface area contributed by atoms with Gasteiger partial charge in [0, 0.05) is 19.2 Å². The lowest BCUT2D eigenvalue weighted by molar-refractivity contribution is 0.0457. The van der Waals surface area contributed by atoms with Gasteiger partial charge in [-0.25, -0.2) is 8.78 Å². The summed E-state index contributed by atoms with van der Waals surface area (Å²) < 4.78 is 27.3. The molecule has 0 spiro atoms. The van der Waals surface area contributed by atoms with E-state index in [-0.39, 0.29) is 23.3 Å². The molecule has 1 saturated heterocycles. The molecule has 1 aromatic heterocycles. The largest absolute Gasteiger partial charge is 0.388 e. The Balaban J connectivity index is 1.45. The van der Waals surface area contributed by atoms with Gasteiger partial charge >= 0.3 is 0 Å². The van der Waals surface area contributed by atoms with Crippen molar-refractivity contribution in [2.24, 2.45) is 5.92 Å². The molecule has 0 saturated carbocycles. The van der Waals surface area contributed by atoms with Gasteiger partial charge in [-0.3, -0.25) is 9.59 Å². The zero-order valence-electron chi connectivity index (χ0n) is 16.6. The van der Waals surface area contributed by atoms with E-state index >= 15 is 0 Å². The Kier molecular flexibility index (Phi) is 5.90. The Bertz CT molecular complexity index is 1120. The van der Waals surface area contributed by atoms with Crippen LogP contribution in [0.1, 0.15) is 35.0 Å². The van der Waals surface area contributed by atoms with E-state index in [0.717, 1.165) is 4.68 Å². The summed E-state index contributed by atoms with van der Waals surface area (Å²) in [5, 5.41) is 14.8. The lowest BCUT2D eigenvalue weighted by Crippen LogP contribution is -2.40. The highest BCUT2D eigenvalue weighted by Crippen LogP contribution is 2.31. The minimum atomic E-state index is -0.726. The van der Waals surface area contributed by atoms with Gasteiger partial charge in [-0.2, -0.15) is 9.78 Å². The van der Waals surface area contributed by atoms with Crippen molar-refractivity contribution >= 4 is 5.91 Å². The van der Waals surface area contributed by atoms with Gasteiger partial charge in [-0.05, 0) is 66.8 Å². The van der Waals surface area contributed by atoms with Gasteiger partial charge in [0.2, 0.25) is 0 Å². The predicted octanol–water partition coefficient (Wildman–Crippen LogP) is 3.10. The average molecular weight is 425 g/mol. The topological polar surface area (TPSA) is 75.4 Å². The molecule has 1 fully saturated rings. The molecule has 2 aromatic carbocycles. The van der Waals surface area contributed by atoms with Crippen LogP contribution in [0.15, 0.2) is 65.5 Å². The first kappa shape index (κ1) is 20.9. The van der Waals surface area contributed by atoms with Crippen molar-refractivity contribution in [2.75, 3.05) is 13.1 Å². The molecular formula is C23H21F2N3O3. The molecular weight excluding hydrogens is 404 g/mol. The molecule has 1 atom stereocenters. The molecule has 1 amide bonds. The number of hydrogen-bond acceptors (Lipinski definition) is 4. The maximum Gasteiger partial charge on any atom is 0.274 e. The van der Waals surface area contributed by atoms with E-state index in [0.29, 0.717) is 37.2 Å². The molecule has 0 aliphatic carbocycles. The van der Waals surface area contributed by atoms with Gasteiger partial charge in [-0.15, -0.1) is 0 Å². The molecule has 2 heterocycles. The van der Waals surface area contributed by atoms with Crippen molar-refractivity contribution in [1.29, 1.82) is 0 Å². The third kappa shape index (κ3) is 4.54. The van der Waals surface area contributed by atoms with Crippen molar-refractivity contribution in [2.45, 2.75) is 18.9 Å². The monoisotopic (exact) mass is 425 g/mol. The van der Waals surface area contributed by atoms with Gasteiger partial charge in [-0.1, -0.05) is 12.1 Å². The van der Waals surface area contributed by atoms with Gasteiger partial charge in [0.05, 0.1) is 11.8 Å². The zero-order chi connectivity index (χ0) is 22.0. The highest BCUT2D eigenvalue weighted by Gasteiger charge is 2.29. The first-order chi connectivity index (χ1) is 14.9. The summed E-state index contributed by atoms with van der Waals surface area (Å²) in [6, 6.07) is 13.7. The summed E-state index contributed by atoms with van der Waals surface area (Å²) in [5.74, 6) is -1.15. The molecule has 31 heavy (non-hydrogen) atoms. The van der Waals surface area contributed by atoms with Crippen LogP contribution in [-0.2, 0) is 0 Å². The van der Waals surface area contributed by atoms with E-state index < -0.39 is 17.5 Å². The van der Waals surface area contributed by atoms with Crippen LogP contribution in [0.2, 0.25) is 0 Å². The number of benzene rings is 2. The highest BCUT2D eigenvalue weighted by molar-refractivity contribution is 5.92. The number of amides is 1. The summed E-state index contributed by atoms with van der Waals surface area (Å²) in [5.41, 5.74) is 0.701. The van der Waals surface area contributed by atoms with Crippen LogP contribution in [0.5, 0.6) is 0 Å². The molecule has 1 aliphatic heterocycles. The van der Waals surface area contributed by atoms with Crippen LogP contribution < -0.4 is 5.56 Å². The number of aromatic nitrogens is 2.